The third-order valence-corrected chi connectivity index (χ3v) is 8.45. The van der Waals surface area contributed by atoms with E-state index in [2.05, 4.69) is 25.3 Å². The van der Waals surface area contributed by atoms with E-state index in [1.165, 1.54) is 29.1 Å². The van der Waals surface area contributed by atoms with Gasteiger partial charge in [-0.1, -0.05) is 0 Å². The standard InChI is InChI=1S/C26H34F4N8O3S/c1-16(2)38-23-20(15-32-25(35-23)33-18-5-7-19(8-6-18)37(3)12-11-27)34-22(24(38)39)17-4-9-21(31-14-17)36-42(40,41)13-10-26(28,29)30/h4,9,14-16,18-19H,5-8,10-13H2,1-3H3,(H,31,36)(H,32,33,35)/t18-,19-. The van der Waals surface area contributed by atoms with Gasteiger partial charge in [-0.3, -0.25) is 14.1 Å². The first-order valence-electron chi connectivity index (χ1n) is 13.6. The molecule has 3 aromatic heterocycles. The molecule has 0 saturated heterocycles. The van der Waals surface area contributed by atoms with Crippen LogP contribution in [0.1, 0.15) is 52.0 Å². The summed E-state index contributed by atoms with van der Waals surface area (Å²) in [5.74, 6) is -0.954. The fraction of sp³-hybridized carbons (Fsp3) is 0.577. The van der Waals surface area contributed by atoms with Crippen molar-refractivity contribution in [3.05, 3.63) is 34.9 Å². The van der Waals surface area contributed by atoms with Crippen LogP contribution in [0.25, 0.3) is 22.4 Å². The number of anilines is 2. The van der Waals surface area contributed by atoms with Gasteiger partial charge in [-0.15, -0.1) is 0 Å². The summed E-state index contributed by atoms with van der Waals surface area (Å²) < 4.78 is 77.4. The van der Waals surface area contributed by atoms with E-state index in [0.717, 1.165) is 25.7 Å². The van der Waals surface area contributed by atoms with E-state index in [1.54, 1.807) is 0 Å². The lowest BCUT2D eigenvalue weighted by atomic mass is 9.90. The number of fused-ring (bicyclic) bond motifs is 1. The van der Waals surface area contributed by atoms with Crippen molar-refractivity contribution in [2.24, 2.45) is 0 Å². The number of hydrogen-bond acceptors (Lipinski definition) is 9. The Morgan fingerprint density at radius 1 is 1.10 bits per heavy atom. The molecule has 16 heteroatoms. The molecule has 11 nitrogen and oxygen atoms in total. The lowest BCUT2D eigenvalue weighted by molar-refractivity contribution is -0.129. The molecule has 42 heavy (non-hydrogen) atoms. The summed E-state index contributed by atoms with van der Waals surface area (Å²) in [7, 11) is -2.34. The second kappa shape index (κ2) is 12.9. The molecule has 3 heterocycles. The Morgan fingerprint density at radius 3 is 2.40 bits per heavy atom. The molecule has 1 fully saturated rings. The van der Waals surface area contributed by atoms with Gasteiger partial charge >= 0.3 is 6.18 Å². The van der Waals surface area contributed by atoms with Gasteiger partial charge in [0.05, 0.1) is 18.4 Å². The topological polar surface area (TPSA) is 135 Å². The molecule has 0 amide bonds. The predicted molar refractivity (Wildman–Crippen MR) is 152 cm³/mol. The smallest absolute Gasteiger partial charge is 0.351 e. The Hall–Kier alpha value is -3.40. The van der Waals surface area contributed by atoms with Gasteiger partial charge in [0.1, 0.15) is 23.7 Å². The van der Waals surface area contributed by atoms with Crippen molar-refractivity contribution >= 4 is 33.0 Å². The summed E-state index contributed by atoms with van der Waals surface area (Å²) in [6.07, 6.45) is 0.228. The van der Waals surface area contributed by atoms with Crippen molar-refractivity contribution in [3.63, 3.8) is 0 Å². The van der Waals surface area contributed by atoms with Crippen LogP contribution in [0.15, 0.2) is 29.3 Å². The summed E-state index contributed by atoms with van der Waals surface area (Å²) in [5.41, 5.74) is 0.576. The van der Waals surface area contributed by atoms with Crippen molar-refractivity contribution in [1.82, 2.24) is 29.4 Å². The number of alkyl halides is 4. The molecule has 0 radical (unpaired) electrons. The van der Waals surface area contributed by atoms with Crippen LogP contribution in [0.5, 0.6) is 0 Å². The zero-order valence-corrected chi connectivity index (χ0v) is 24.3. The Morgan fingerprint density at radius 2 is 1.81 bits per heavy atom. The number of halogens is 4. The van der Waals surface area contributed by atoms with Gasteiger partial charge in [0.2, 0.25) is 16.0 Å². The fourth-order valence-corrected chi connectivity index (χ4v) is 5.99. The SMILES string of the molecule is CC(C)n1c(=O)c(-c2ccc(NS(=O)(=O)CCC(F)(F)F)nc2)nc2cnc(N[C@H]3CC[C@H](N(C)CCF)CC3)nc21. The van der Waals surface area contributed by atoms with E-state index in [9.17, 15) is 30.8 Å². The third kappa shape index (κ3) is 7.91. The van der Waals surface area contributed by atoms with Crippen LogP contribution >= 0.6 is 0 Å². The number of aromatic nitrogens is 5. The average molecular weight is 615 g/mol. The minimum absolute atomic E-state index is 0.0372. The predicted octanol–water partition coefficient (Wildman–Crippen LogP) is 4.15. The molecule has 2 N–H and O–H groups in total. The lowest BCUT2D eigenvalue weighted by Gasteiger charge is -2.34. The highest BCUT2D eigenvalue weighted by molar-refractivity contribution is 7.92. The Balaban J connectivity index is 1.54. The summed E-state index contributed by atoms with van der Waals surface area (Å²) in [6, 6.07) is 2.84. The highest BCUT2D eigenvalue weighted by Gasteiger charge is 2.30. The number of hydrogen-bond donors (Lipinski definition) is 2. The minimum Gasteiger partial charge on any atom is -0.351 e. The maximum absolute atomic E-state index is 13.5. The van der Waals surface area contributed by atoms with Crippen LogP contribution in [0.4, 0.5) is 29.3 Å². The van der Waals surface area contributed by atoms with Gasteiger partial charge in [0.15, 0.2) is 5.65 Å². The van der Waals surface area contributed by atoms with E-state index in [0.29, 0.717) is 29.7 Å². The fourth-order valence-electron chi connectivity index (χ4n) is 4.95. The Labute approximate surface area is 240 Å². The van der Waals surface area contributed by atoms with E-state index < -0.39 is 33.9 Å². The van der Waals surface area contributed by atoms with Gasteiger partial charge < -0.3 is 10.2 Å². The quantitative estimate of drug-likeness (QED) is 0.306. The van der Waals surface area contributed by atoms with E-state index in [1.807, 2.05) is 30.5 Å². The monoisotopic (exact) mass is 614 g/mol. The molecule has 0 unspecified atom stereocenters. The van der Waals surface area contributed by atoms with Crippen LogP contribution < -0.4 is 15.6 Å². The van der Waals surface area contributed by atoms with E-state index >= 15 is 0 Å². The zero-order chi connectivity index (χ0) is 30.7. The number of rotatable bonds is 11. The highest BCUT2D eigenvalue weighted by atomic mass is 32.2. The van der Waals surface area contributed by atoms with Gasteiger partial charge in [-0.05, 0) is 58.7 Å². The largest absolute Gasteiger partial charge is 0.390 e. The first-order chi connectivity index (χ1) is 19.8. The van der Waals surface area contributed by atoms with Crippen molar-refractivity contribution < 1.29 is 26.0 Å². The van der Waals surface area contributed by atoms with Crippen molar-refractivity contribution in [3.8, 4) is 11.3 Å². The molecule has 1 aliphatic carbocycles. The molecular weight excluding hydrogens is 580 g/mol. The molecule has 1 aliphatic rings. The molecule has 1 saturated carbocycles. The van der Waals surface area contributed by atoms with E-state index in [-0.39, 0.29) is 35.8 Å². The number of pyridine rings is 1. The normalized spacial score (nSPS) is 18.1. The van der Waals surface area contributed by atoms with Gasteiger partial charge in [0, 0.05) is 36.4 Å². The molecular formula is C26H34F4N8O3S. The summed E-state index contributed by atoms with van der Waals surface area (Å²) in [6.45, 7) is 3.70. The Bertz CT molecular complexity index is 1540. The number of sulfonamides is 1. The van der Waals surface area contributed by atoms with E-state index in [4.69, 9.17) is 0 Å². The summed E-state index contributed by atoms with van der Waals surface area (Å²) in [4.78, 5) is 33.0. The lowest BCUT2D eigenvalue weighted by Crippen LogP contribution is -2.39. The molecule has 230 valence electrons. The second-order valence-electron chi connectivity index (χ2n) is 10.7. The van der Waals surface area contributed by atoms with Crippen LogP contribution in [0.2, 0.25) is 0 Å². The first-order valence-corrected chi connectivity index (χ1v) is 15.3. The maximum atomic E-state index is 13.5. The molecule has 3 aromatic rings. The van der Waals surface area contributed by atoms with Gasteiger partial charge in [0.25, 0.3) is 5.56 Å². The van der Waals surface area contributed by atoms with Crippen LogP contribution in [0.3, 0.4) is 0 Å². The minimum atomic E-state index is -4.61. The molecule has 0 atom stereocenters. The zero-order valence-electron chi connectivity index (χ0n) is 23.5. The van der Waals surface area contributed by atoms with Gasteiger partial charge in [-0.2, -0.15) is 18.2 Å². The van der Waals surface area contributed by atoms with Crippen LogP contribution in [-0.2, 0) is 10.0 Å². The first kappa shape index (κ1) is 31.5. The average Bonchev–Trinajstić information content (AvgIpc) is 2.92. The molecule has 0 aliphatic heterocycles. The summed E-state index contributed by atoms with van der Waals surface area (Å²) in [5, 5.41) is 3.35. The maximum Gasteiger partial charge on any atom is 0.390 e. The van der Waals surface area contributed by atoms with Crippen molar-refractivity contribution in [2.45, 2.75) is 70.3 Å². The van der Waals surface area contributed by atoms with Crippen molar-refractivity contribution in [1.29, 1.82) is 0 Å². The van der Waals surface area contributed by atoms with Gasteiger partial charge in [-0.25, -0.2) is 27.8 Å². The number of nitrogens with zero attached hydrogens (tertiary/aromatic N) is 6. The molecule has 0 spiro atoms. The number of nitrogens with one attached hydrogen (secondary N) is 2. The summed E-state index contributed by atoms with van der Waals surface area (Å²) >= 11 is 0. The van der Waals surface area contributed by atoms with Crippen LogP contribution in [-0.4, -0.2) is 82.1 Å². The molecule has 0 bridgehead atoms. The molecule has 4 rings (SSSR count). The van der Waals surface area contributed by atoms with Crippen LogP contribution in [0, 0.1) is 0 Å². The Kier molecular flexibility index (Phi) is 9.65. The second-order valence-corrected chi connectivity index (χ2v) is 12.5. The molecule has 0 aromatic carbocycles. The highest BCUT2D eigenvalue weighted by Crippen LogP contribution is 2.26. The third-order valence-electron chi connectivity index (χ3n) is 7.19. The van der Waals surface area contributed by atoms with Crippen molar-refractivity contribution in [2.75, 3.05) is 36.1 Å².